The maximum atomic E-state index is 15.4. The third-order valence-corrected chi connectivity index (χ3v) is 13.1. The van der Waals surface area contributed by atoms with Gasteiger partial charge in [0, 0.05) is 93.1 Å². The molecule has 394 valence electrons. The van der Waals surface area contributed by atoms with Crippen LogP contribution in [-0.4, -0.2) is 184 Å². The Morgan fingerprint density at radius 1 is 0.797 bits per heavy atom. The Morgan fingerprint density at radius 2 is 1.47 bits per heavy atom. The van der Waals surface area contributed by atoms with Gasteiger partial charge in [-0.15, -0.1) is 0 Å². The fourth-order valence-corrected chi connectivity index (χ4v) is 9.08. The number of hydrogen-bond donors (Lipinski definition) is 5. The monoisotopic (exact) mass is 1020 g/mol. The molecule has 0 aliphatic carbocycles. The maximum absolute atomic E-state index is 15.4. The molecule has 3 aromatic carbocycles. The number of likely N-dealkylation sites (tertiary alicyclic amines) is 1. The molecule has 22 heteroatoms. The fourth-order valence-electron chi connectivity index (χ4n) is 9.08. The van der Waals surface area contributed by atoms with E-state index in [1.165, 1.54) is 18.3 Å². The van der Waals surface area contributed by atoms with Crippen LogP contribution < -0.4 is 21.3 Å². The number of piperidine rings is 2. The quantitative estimate of drug-likeness (QED) is 0.0345. The molecule has 0 bridgehead atoms. The number of benzene rings is 3. The molecular formula is C52H62F2N10O10. The zero-order chi connectivity index (χ0) is 51.8. The number of halogens is 2. The molecule has 4 aromatic rings. The summed E-state index contributed by atoms with van der Waals surface area (Å²) in [7, 11) is 0. The summed E-state index contributed by atoms with van der Waals surface area (Å²) in [6, 6.07) is 11.9. The summed E-state index contributed by atoms with van der Waals surface area (Å²) >= 11 is 0. The third kappa shape index (κ3) is 14.1. The lowest BCUT2D eigenvalue weighted by Crippen LogP contribution is -2.54. The van der Waals surface area contributed by atoms with Crippen LogP contribution in [0.5, 0.6) is 0 Å². The van der Waals surface area contributed by atoms with Crippen LogP contribution in [0.25, 0.3) is 27.7 Å². The number of carbonyl (C=O) groups is 5. The Hall–Kier alpha value is -6.66. The zero-order valence-electron chi connectivity index (χ0n) is 41.1. The number of amides is 5. The molecule has 1 aromatic heterocycles. The third-order valence-electron chi connectivity index (χ3n) is 13.1. The molecule has 8 rings (SSSR count). The van der Waals surface area contributed by atoms with E-state index in [4.69, 9.17) is 34.1 Å². The molecule has 3 fully saturated rings. The normalized spacial score (nSPS) is 17.9. The van der Waals surface area contributed by atoms with E-state index < -0.39 is 41.3 Å². The molecule has 5 N–H and O–H groups in total. The van der Waals surface area contributed by atoms with Crippen molar-refractivity contribution in [3.63, 3.8) is 0 Å². The molecule has 1 atom stereocenters. The topological polar surface area (TPSA) is 239 Å². The number of allylic oxidation sites excluding steroid dienone is 1. The highest BCUT2D eigenvalue weighted by Gasteiger charge is 2.44. The van der Waals surface area contributed by atoms with Gasteiger partial charge in [-0.25, -0.2) is 13.8 Å². The smallest absolute Gasteiger partial charge is 0.262 e. The predicted molar refractivity (Wildman–Crippen MR) is 268 cm³/mol. The minimum atomic E-state index is -1.01. The number of fused-ring (bicyclic) bond motifs is 2. The summed E-state index contributed by atoms with van der Waals surface area (Å²) in [5, 5.41) is 19.8. The number of morpholine rings is 1. The van der Waals surface area contributed by atoms with E-state index in [1.807, 2.05) is 4.90 Å². The Balaban J connectivity index is 0.640. The van der Waals surface area contributed by atoms with Gasteiger partial charge in [-0.2, -0.15) is 0 Å². The minimum absolute atomic E-state index is 0.0204. The van der Waals surface area contributed by atoms with Crippen molar-refractivity contribution in [2.75, 3.05) is 117 Å². The highest BCUT2D eigenvalue weighted by molar-refractivity contribution is 6.23. The molecule has 0 saturated carbocycles. The van der Waals surface area contributed by atoms with E-state index in [-0.39, 0.29) is 54.6 Å². The molecule has 4 aliphatic heterocycles. The second-order valence-electron chi connectivity index (χ2n) is 18.1. The maximum Gasteiger partial charge on any atom is 0.262 e. The molecule has 3 saturated heterocycles. The standard InChI is InChI=1S/C52H62F2N10O10/c53-42-26-34(27-43(54)41(42)32-63-14-18-72-19-15-63)38-2-1-3-44-49(38)60-45(31-59-44)35(29-55)30-58-36-8-12-62(13-9-36)33-48(66)57-11-17-71-21-23-74-25-24-73-22-20-70-16-10-56-37-4-5-39-40(28-37)52(69)64(51(39)68)46-6-7-47(65)61-50(46)67/h1-5,26-31,36,46,55-56,58H,6-25,32-33H2,(H,57,66)(H,61,65,67)/b35-30+,55-29?. The Morgan fingerprint density at radius 3 is 2.16 bits per heavy atom. The van der Waals surface area contributed by atoms with Gasteiger partial charge < -0.3 is 45.0 Å². The van der Waals surface area contributed by atoms with E-state index in [0.717, 1.165) is 17.7 Å². The number of anilines is 1. The minimum Gasteiger partial charge on any atom is -0.387 e. The van der Waals surface area contributed by atoms with Crippen LogP contribution >= 0.6 is 0 Å². The number of imide groups is 2. The number of carbonyl (C=O) groups excluding carboxylic acids is 5. The van der Waals surface area contributed by atoms with Gasteiger partial charge in [-0.05, 0) is 61.2 Å². The van der Waals surface area contributed by atoms with Gasteiger partial charge in [0.2, 0.25) is 17.7 Å². The summed E-state index contributed by atoms with van der Waals surface area (Å²) < 4.78 is 58.4. The van der Waals surface area contributed by atoms with Crippen LogP contribution in [0.1, 0.15) is 57.7 Å². The summed E-state index contributed by atoms with van der Waals surface area (Å²) in [5.74, 6) is -3.52. The van der Waals surface area contributed by atoms with Gasteiger partial charge in [0.15, 0.2) is 0 Å². The molecule has 20 nitrogen and oxygen atoms in total. The Labute approximate surface area is 427 Å². The average Bonchev–Trinajstić information content (AvgIpc) is 3.65. The van der Waals surface area contributed by atoms with Crippen molar-refractivity contribution in [1.82, 2.24) is 40.6 Å². The number of nitrogens with one attached hydrogen (secondary N) is 5. The Bertz CT molecular complexity index is 2670. The second kappa shape index (κ2) is 26.5. The van der Waals surface area contributed by atoms with Crippen molar-refractivity contribution < 1.29 is 56.4 Å². The summed E-state index contributed by atoms with van der Waals surface area (Å²) in [4.78, 5) is 76.7. The van der Waals surface area contributed by atoms with E-state index in [1.54, 1.807) is 48.8 Å². The zero-order valence-corrected chi connectivity index (χ0v) is 41.1. The molecular weight excluding hydrogens is 963 g/mol. The van der Waals surface area contributed by atoms with Gasteiger partial charge in [0.1, 0.15) is 17.7 Å². The first-order valence-corrected chi connectivity index (χ1v) is 25.0. The SMILES string of the molecule is N=C/C(=C\NC1CCN(CC(=O)NCCOCCOCCOCCOCCNc2ccc3c(c2)C(=O)N(C2CCC(=O)NC2=O)C3=O)CC1)c1cnc2cccc(-c3cc(F)c(CN4CCOCC4)c(F)c3)c2n1. The predicted octanol–water partition coefficient (Wildman–Crippen LogP) is 3.15. The van der Waals surface area contributed by atoms with Crippen molar-refractivity contribution in [3.8, 4) is 11.1 Å². The number of aromatic nitrogens is 2. The summed E-state index contributed by atoms with van der Waals surface area (Å²) in [6.07, 6.45) is 6.26. The average molecular weight is 1030 g/mol. The van der Waals surface area contributed by atoms with Crippen LogP contribution in [0.3, 0.4) is 0 Å². The number of rotatable bonds is 26. The van der Waals surface area contributed by atoms with Crippen molar-refractivity contribution in [2.24, 2.45) is 0 Å². The van der Waals surface area contributed by atoms with Gasteiger partial charge >= 0.3 is 0 Å². The first kappa shape index (κ1) is 53.6. The lowest BCUT2D eigenvalue weighted by Gasteiger charge is -2.31. The first-order chi connectivity index (χ1) is 36.1. The fraction of sp³-hybridized carbons (Fsp3) is 0.462. The molecule has 1 unspecified atom stereocenters. The molecule has 74 heavy (non-hydrogen) atoms. The lowest BCUT2D eigenvalue weighted by atomic mass is 10.0. The van der Waals surface area contributed by atoms with Crippen LogP contribution in [0, 0.1) is 17.0 Å². The number of hydrogen-bond acceptors (Lipinski definition) is 17. The highest BCUT2D eigenvalue weighted by atomic mass is 19.1. The van der Waals surface area contributed by atoms with E-state index in [9.17, 15) is 24.0 Å². The Kier molecular flexibility index (Phi) is 19.2. The van der Waals surface area contributed by atoms with Gasteiger partial charge in [-0.1, -0.05) is 12.1 Å². The molecule has 5 heterocycles. The molecule has 4 aliphatic rings. The van der Waals surface area contributed by atoms with Crippen molar-refractivity contribution in [1.29, 1.82) is 5.41 Å². The highest BCUT2D eigenvalue weighted by Crippen LogP contribution is 2.32. The molecule has 0 radical (unpaired) electrons. The summed E-state index contributed by atoms with van der Waals surface area (Å²) in [5.41, 5.74) is 3.91. The van der Waals surface area contributed by atoms with Crippen molar-refractivity contribution in [2.45, 2.75) is 44.3 Å². The van der Waals surface area contributed by atoms with Crippen molar-refractivity contribution in [3.05, 3.63) is 94.9 Å². The van der Waals surface area contributed by atoms with E-state index in [2.05, 4.69) is 31.2 Å². The van der Waals surface area contributed by atoms with Gasteiger partial charge in [-0.3, -0.25) is 49.0 Å². The summed E-state index contributed by atoms with van der Waals surface area (Å²) in [6.45, 7) is 7.94. The van der Waals surface area contributed by atoms with E-state index >= 15 is 8.78 Å². The molecule has 5 amide bonds. The van der Waals surface area contributed by atoms with Gasteiger partial charge in [0.25, 0.3) is 11.8 Å². The lowest BCUT2D eigenvalue weighted by molar-refractivity contribution is -0.136. The van der Waals surface area contributed by atoms with E-state index in [0.29, 0.717) is 144 Å². The number of ether oxygens (including phenoxy) is 5. The van der Waals surface area contributed by atoms with Crippen molar-refractivity contribution >= 4 is 58.0 Å². The largest absolute Gasteiger partial charge is 0.387 e. The van der Waals surface area contributed by atoms with Gasteiger partial charge in [0.05, 0.1) is 107 Å². The van der Waals surface area contributed by atoms with Crippen LogP contribution in [0.2, 0.25) is 0 Å². The molecule has 0 spiro atoms. The van der Waals surface area contributed by atoms with Crippen LogP contribution in [0.4, 0.5) is 14.5 Å². The van der Waals surface area contributed by atoms with Crippen LogP contribution in [0.15, 0.2) is 60.9 Å². The second-order valence-corrected chi connectivity index (χ2v) is 18.1. The van der Waals surface area contributed by atoms with Crippen LogP contribution in [-0.2, 0) is 44.6 Å². The number of nitrogens with zero attached hydrogens (tertiary/aromatic N) is 5. The number of para-hydroxylation sites is 1. The first-order valence-electron chi connectivity index (χ1n) is 25.0.